The number of sulfonamides is 1. The van der Waals surface area contributed by atoms with E-state index in [2.05, 4.69) is 4.72 Å². The maximum atomic E-state index is 13.3. The summed E-state index contributed by atoms with van der Waals surface area (Å²) in [5.74, 6) is -1.03. The average Bonchev–Trinajstić information content (AvgIpc) is 2.93. The number of fused-ring (bicyclic) bond motifs is 1. The van der Waals surface area contributed by atoms with Crippen LogP contribution in [0.1, 0.15) is 48.7 Å². The van der Waals surface area contributed by atoms with Crippen molar-refractivity contribution in [3.8, 4) is 0 Å². The second-order valence-corrected chi connectivity index (χ2v) is 11.1. The molecule has 8 heteroatoms. The minimum absolute atomic E-state index is 0.0296. The van der Waals surface area contributed by atoms with E-state index in [-0.39, 0.29) is 30.1 Å². The van der Waals surface area contributed by atoms with E-state index >= 15 is 0 Å². The van der Waals surface area contributed by atoms with Gasteiger partial charge in [-0.25, -0.2) is 13.1 Å². The van der Waals surface area contributed by atoms with Crippen molar-refractivity contribution in [1.82, 2.24) is 4.72 Å². The monoisotopic (exact) mass is 463 g/mol. The summed E-state index contributed by atoms with van der Waals surface area (Å²) in [6, 6.07) is 11.3. The van der Waals surface area contributed by atoms with Crippen LogP contribution in [-0.4, -0.2) is 32.3 Å². The number of esters is 1. The molecule has 0 heterocycles. The third-order valence-corrected chi connectivity index (χ3v) is 6.92. The fraction of sp³-hybridized carbons (Fsp3) is 0.391. The maximum absolute atomic E-state index is 13.3. The summed E-state index contributed by atoms with van der Waals surface area (Å²) in [5.41, 5.74) is -0.286. The standard InChI is InChI=1S/C23H26ClNO5S/c1-15-5-8-18(9-6-15)31(28,29)25-12-11-23(21(27)30-22(2,3)4)14-16-13-17(24)7-10-19(16)20(23)26/h5-10,13,25H,11-12,14H2,1-4H3/t23-/m1/s1. The van der Waals surface area contributed by atoms with Gasteiger partial charge in [0.15, 0.2) is 5.78 Å². The van der Waals surface area contributed by atoms with Gasteiger partial charge in [-0.1, -0.05) is 29.3 Å². The van der Waals surface area contributed by atoms with Gasteiger partial charge in [0.05, 0.1) is 4.90 Å². The number of aryl methyl sites for hydroxylation is 1. The largest absolute Gasteiger partial charge is 0.459 e. The molecule has 1 aliphatic rings. The molecule has 2 aromatic carbocycles. The molecule has 3 rings (SSSR count). The predicted molar refractivity (Wildman–Crippen MR) is 119 cm³/mol. The first-order chi connectivity index (χ1) is 14.3. The molecular weight excluding hydrogens is 438 g/mol. The van der Waals surface area contributed by atoms with Crippen molar-refractivity contribution < 1.29 is 22.7 Å². The zero-order chi connectivity index (χ0) is 23.0. The van der Waals surface area contributed by atoms with Crippen LogP contribution in [0, 0.1) is 12.3 Å². The van der Waals surface area contributed by atoms with E-state index in [1.165, 1.54) is 12.1 Å². The number of nitrogens with one attached hydrogen (secondary N) is 1. The Labute approximate surface area is 188 Å². The van der Waals surface area contributed by atoms with Gasteiger partial charge in [0.1, 0.15) is 11.0 Å². The molecule has 0 spiro atoms. The van der Waals surface area contributed by atoms with Crippen molar-refractivity contribution in [1.29, 1.82) is 0 Å². The quantitative estimate of drug-likeness (QED) is 0.515. The summed E-state index contributed by atoms with van der Waals surface area (Å²) in [7, 11) is -3.78. The Morgan fingerprint density at radius 2 is 1.81 bits per heavy atom. The Hall–Kier alpha value is -2.22. The highest BCUT2D eigenvalue weighted by Crippen LogP contribution is 2.42. The van der Waals surface area contributed by atoms with E-state index in [0.717, 1.165) is 5.56 Å². The number of ether oxygens (including phenoxy) is 1. The highest BCUT2D eigenvalue weighted by Gasteiger charge is 2.53. The van der Waals surface area contributed by atoms with Crippen LogP contribution in [-0.2, 0) is 26.0 Å². The summed E-state index contributed by atoms with van der Waals surface area (Å²) in [4.78, 5) is 26.6. The van der Waals surface area contributed by atoms with E-state index < -0.39 is 27.0 Å². The Balaban J connectivity index is 1.86. The molecule has 0 bridgehead atoms. The zero-order valence-electron chi connectivity index (χ0n) is 18.0. The highest BCUT2D eigenvalue weighted by molar-refractivity contribution is 7.89. The number of Topliss-reactive ketones (excluding diaryl/α,β-unsaturated/α-hetero) is 1. The molecule has 1 N–H and O–H groups in total. The lowest BCUT2D eigenvalue weighted by atomic mass is 9.80. The molecule has 2 aromatic rings. The van der Waals surface area contributed by atoms with E-state index in [9.17, 15) is 18.0 Å². The van der Waals surface area contributed by atoms with E-state index in [1.54, 1.807) is 51.1 Å². The summed E-state index contributed by atoms with van der Waals surface area (Å²) >= 11 is 6.07. The van der Waals surface area contributed by atoms with E-state index in [1.807, 2.05) is 6.92 Å². The van der Waals surface area contributed by atoms with Crippen molar-refractivity contribution in [2.45, 2.75) is 51.0 Å². The molecule has 0 amide bonds. The van der Waals surface area contributed by atoms with Gasteiger partial charge in [-0.2, -0.15) is 0 Å². The van der Waals surface area contributed by atoms with Gasteiger partial charge >= 0.3 is 5.97 Å². The Kier molecular flexibility index (Phi) is 6.33. The normalized spacial score (nSPS) is 18.7. The van der Waals surface area contributed by atoms with Crippen molar-refractivity contribution in [3.63, 3.8) is 0 Å². The van der Waals surface area contributed by atoms with Gasteiger partial charge in [-0.15, -0.1) is 0 Å². The molecule has 0 saturated heterocycles. The third-order valence-electron chi connectivity index (χ3n) is 5.20. The van der Waals surface area contributed by atoms with Crippen LogP contribution in [0.3, 0.4) is 0 Å². The van der Waals surface area contributed by atoms with Gasteiger partial charge < -0.3 is 4.74 Å². The lowest BCUT2D eigenvalue weighted by Gasteiger charge is -2.30. The van der Waals surface area contributed by atoms with Crippen molar-refractivity contribution in [3.05, 3.63) is 64.2 Å². The second kappa shape index (κ2) is 8.37. The third kappa shape index (κ3) is 5.00. The van der Waals surface area contributed by atoms with Crippen molar-refractivity contribution in [2.75, 3.05) is 6.54 Å². The molecule has 0 saturated carbocycles. The number of hydrogen-bond donors (Lipinski definition) is 1. The number of carbonyl (C=O) groups is 2. The smallest absolute Gasteiger partial charge is 0.320 e. The minimum atomic E-state index is -3.78. The number of carbonyl (C=O) groups excluding carboxylic acids is 2. The zero-order valence-corrected chi connectivity index (χ0v) is 19.6. The number of benzene rings is 2. The van der Waals surface area contributed by atoms with Crippen LogP contribution in [0.4, 0.5) is 0 Å². The van der Waals surface area contributed by atoms with Gasteiger partial charge in [0, 0.05) is 17.1 Å². The average molecular weight is 464 g/mol. The Bertz CT molecular complexity index is 1120. The molecule has 166 valence electrons. The lowest BCUT2D eigenvalue weighted by molar-refractivity contribution is -0.164. The van der Waals surface area contributed by atoms with Gasteiger partial charge in [0.25, 0.3) is 0 Å². The topological polar surface area (TPSA) is 89.5 Å². The molecule has 0 aliphatic heterocycles. The summed E-state index contributed by atoms with van der Waals surface area (Å²) < 4.78 is 33.3. The summed E-state index contributed by atoms with van der Waals surface area (Å²) in [6.45, 7) is 6.94. The molecule has 1 atom stereocenters. The first-order valence-electron chi connectivity index (χ1n) is 9.97. The number of hydrogen-bond acceptors (Lipinski definition) is 5. The van der Waals surface area contributed by atoms with Gasteiger partial charge in [0.2, 0.25) is 10.0 Å². The van der Waals surface area contributed by atoms with Gasteiger partial charge in [-0.05, 0) is 76.4 Å². The Morgan fingerprint density at radius 1 is 1.16 bits per heavy atom. The fourth-order valence-electron chi connectivity index (χ4n) is 3.64. The first kappa shape index (κ1) is 23.4. The number of ketones is 1. The molecule has 0 fully saturated rings. The molecule has 31 heavy (non-hydrogen) atoms. The molecule has 6 nitrogen and oxygen atoms in total. The molecule has 1 aliphatic carbocycles. The highest BCUT2D eigenvalue weighted by atomic mass is 35.5. The van der Waals surface area contributed by atoms with Crippen LogP contribution in [0.5, 0.6) is 0 Å². The van der Waals surface area contributed by atoms with Crippen LogP contribution in [0.25, 0.3) is 0 Å². The summed E-state index contributed by atoms with van der Waals surface area (Å²) in [5, 5.41) is 0.464. The molecule has 0 radical (unpaired) electrons. The minimum Gasteiger partial charge on any atom is -0.459 e. The Morgan fingerprint density at radius 3 is 2.42 bits per heavy atom. The van der Waals surface area contributed by atoms with Crippen molar-refractivity contribution in [2.24, 2.45) is 5.41 Å². The second-order valence-electron chi connectivity index (χ2n) is 8.85. The SMILES string of the molecule is Cc1ccc(S(=O)(=O)NCC[C@@]2(C(=O)OC(C)(C)C)Cc3cc(Cl)ccc3C2=O)cc1. The maximum Gasteiger partial charge on any atom is 0.320 e. The molecular formula is C23H26ClNO5S. The first-order valence-corrected chi connectivity index (χ1v) is 11.8. The van der Waals surface area contributed by atoms with Crippen LogP contribution >= 0.6 is 11.6 Å². The van der Waals surface area contributed by atoms with Gasteiger partial charge in [-0.3, -0.25) is 9.59 Å². The van der Waals surface area contributed by atoms with Crippen LogP contribution < -0.4 is 4.72 Å². The van der Waals surface area contributed by atoms with Crippen LogP contribution in [0.2, 0.25) is 5.02 Å². The predicted octanol–water partition coefficient (Wildman–Crippen LogP) is 4.08. The number of halogens is 1. The van der Waals surface area contributed by atoms with E-state index in [0.29, 0.717) is 16.1 Å². The number of rotatable bonds is 6. The lowest BCUT2D eigenvalue weighted by Crippen LogP contribution is -2.44. The van der Waals surface area contributed by atoms with E-state index in [4.69, 9.17) is 16.3 Å². The molecule has 0 aromatic heterocycles. The summed E-state index contributed by atoms with van der Waals surface area (Å²) in [6.07, 6.45) is 0.0844. The fourth-order valence-corrected chi connectivity index (χ4v) is 4.86. The van der Waals surface area contributed by atoms with Crippen molar-refractivity contribution >= 4 is 33.4 Å². The molecule has 0 unspecified atom stereocenters. The van der Waals surface area contributed by atoms with Crippen LogP contribution in [0.15, 0.2) is 47.4 Å².